The maximum absolute atomic E-state index is 14.8. The Morgan fingerprint density at radius 1 is 0.250 bits per heavy atom. The fraction of sp³-hybridized carbons (Fsp3) is 0.368. The Kier molecular flexibility index (Phi) is 15.9. The van der Waals surface area contributed by atoms with E-state index in [1.165, 1.54) is 0 Å². The van der Waals surface area contributed by atoms with Crippen molar-refractivity contribution in [3.05, 3.63) is 115 Å². The molecular weight excluding hydrogens is 746 g/mol. The first-order valence-corrected chi connectivity index (χ1v) is 19.1. The predicted octanol–water partition coefficient (Wildman–Crippen LogP) is 10.9. The highest BCUT2D eigenvalue weighted by molar-refractivity contribution is 7.77. The molecular formula is C38H36F12P2. The van der Waals surface area contributed by atoms with Gasteiger partial charge in [-0.05, 0) is 165 Å². The Labute approximate surface area is 297 Å². The summed E-state index contributed by atoms with van der Waals surface area (Å²) < 4.78 is 174. The molecule has 0 fully saturated rings. The van der Waals surface area contributed by atoms with Gasteiger partial charge in [0.15, 0.2) is 0 Å². The molecule has 0 saturated carbocycles. The van der Waals surface area contributed by atoms with Gasteiger partial charge in [-0.15, -0.1) is 0 Å². The SMILES string of the molecule is FCc1cc(CF)c(P(CCP(c2c(CF)cc(CF)cc2CF)c2c(CF)cc(CF)cc2CF)c2c(CF)cc(CF)cc2CF)c(CF)c1. The van der Waals surface area contributed by atoms with Crippen molar-refractivity contribution in [3.8, 4) is 0 Å². The van der Waals surface area contributed by atoms with E-state index in [1.54, 1.807) is 0 Å². The zero-order valence-corrected chi connectivity index (χ0v) is 29.7. The van der Waals surface area contributed by atoms with Gasteiger partial charge in [0.05, 0.1) is 0 Å². The average molecular weight is 783 g/mol. The van der Waals surface area contributed by atoms with Crippen molar-refractivity contribution in [1.29, 1.82) is 0 Å². The summed E-state index contributed by atoms with van der Waals surface area (Å²) in [6.07, 6.45) is -0.481. The summed E-state index contributed by atoms with van der Waals surface area (Å²) in [5.74, 6) is 0. The summed E-state index contributed by atoms with van der Waals surface area (Å²) in [4.78, 5) is 0. The number of rotatable bonds is 19. The highest BCUT2D eigenvalue weighted by atomic mass is 31.1. The molecule has 0 aromatic heterocycles. The maximum Gasteiger partial charge on any atom is 0.115 e. The van der Waals surface area contributed by atoms with Crippen LogP contribution in [0.15, 0.2) is 48.5 Å². The van der Waals surface area contributed by atoms with Crippen molar-refractivity contribution in [2.75, 3.05) is 12.3 Å². The lowest BCUT2D eigenvalue weighted by Crippen LogP contribution is -2.30. The lowest BCUT2D eigenvalue weighted by atomic mass is 10.1. The third-order valence-electron chi connectivity index (χ3n) is 8.71. The van der Waals surface area contributed by atoms with Gasteiger partial charge in [0, 0.05) is 0 Å². The van der Waals surface area contributed by atoms with E-state index in [0.29, 0.717) is 0 Å². The third kappa shape index (κ3) is 8.81. The van der Waals surface area contributed by atoms with Crippen LogP contribution in [0.4, 0.5) is 52.7 Å². The van der Waals surface area contributed by atoms with Crippen LogP contribution >= 0.6 is 15.8 Å². The van der Waals surface area contributed by atoms with Crippen LogP contribution in [0.25, 0.3) is 0 Å². The second-order valence-electron chi connectivity index (χ2n) is 12.0. The van der Waals surface area contributed by atoms with Crippen molar-refractivity contribution >= 4 is 37.1 Å². The maximum atomic E-state index is 14.8. The molecule has 0 nitrogen and oxygen atoms in total. The molecule has 4 rings (SSSR count). The number of hydrogen-bond donors (Lipinski definition) is 0. The van der Waals surface area contributed by atoms with Crippen molar-refractivity contribution < 1.29 is 52.7 Å². The monoisotopic (exact) mass is 782 g/mol. The molecule has 0 aliphatic carbocycles. The molecule has 4 aromatic rings. The van der Waals surface area contributed by atoms with Gasteiger partial charge >= 0.3 is 0 Å². The van der Waals surface area contributed by atoms with Crippen molar-refractivity contribution in [2.24, 2.45) is 0 Å². The molecule has 0 aliphatic rings. The Morgan fingerprint density at radius 2 is 0.404 bits per heavy atom. The van der Waals surface area contributed by atoms with Crippen LogP contribution in [0.5, 0.6) is 0 Å². The Hall–Kier alpha value is -3.10. The van der Waals surface area contributed by atoms with E-state index in [4.69, 9.17) is 0 Å². The highest BCUT2D eigenvalue weighted by Crippen LogP contribution is 2.47. The molecule has 0 atom stereocenters. The molecule has 4 aromatic carbocycles. The molecule has 0 radical (unpaired) electrons. The summed E-state index contributed by atoms with van der Waals surface area (Å²) in [5, 5.41) is -0.0631. The fourth-order valence-corrected chi connectivity index (χ4v) is 13.4. The first-order chi connectivity index (χ1) is 25.2. The molecule has 0 unspecified atom stereocenters. The molecule has 282 valence electrons. The molecule has 14 heteroatoms. The highest BCUT2D eigenvalue weighted by Gasteiger charge is 2.32. The molecule has 0 heterocycles. The third-order valence-corrected chi connectivity index (χ3v) is 14.9. The van der Waals surface area contributed by atoms with Gasteiger partial charge in [-0.3, -0.25) is 0 Å². The van der Waals surface area contributed by atoms with Gasteiger partial charge < -0.3 is 0 Å². The quantitative estimate of drug-likeness (QED) is 0.0657. The second-order valence-corrected chi connectivity index (χ2v) is 16.4. The Morgan fingerprint density at radius 3 is 0.519 bits per heavy atom. The summed E-state index contributed by atoms with van der Waals surface area (Å²) in [5.41, 5.74) is -1.66. The van der Waals surface area contributed by atoms with E-state index in [0.717, 1.165) is 48.5 Å². The molecule has 0 bridgehead atoms. The summed E-state index contributed by atoms with van der Waals surface area (Å²) >= 11 is 0. The van der Waals surface area contributed by atoms with Gasteiger partial charge in [-0.25, -0.2) is 52.7 Å². The van der Waals surface area contributed by atoms with E-state index in [9.17, 15) is 52.7 Å². The Balaban J connectivity index is 2.11. The first-order valence-electron chi connectivity index (χ1n) is 16.1. The lowest BCUT2D eigenvalue weighted by Gasteiger charge is -2.32. The van der Waals surface area contributed by atoms with Gasteiger partial charge in [0.1, 0.15) is 80.1 Å². The van der Waals surface area contributed by atoms with Crippen LogP contribution in [0.3, 0.4) is 0 Å². The van der Waals surface area contributed by atoms with Gasteiger partial charge in [0.2, 0.25) is 0 Å². The minimum Gasteiger partial charge on any atom is -0.246 e. The molecule has 0 spiro atoms. The first kappa shape index (κ1) is 41.7. The minimum atomic E-state index is -2.26. The molecule has 52 heavy (non-hydrogen) atoms. The molecule has 0 saturated heterocycles. The van der Waals surface area contributed by atoms with Crippen molar-refractivity contribution in [1.82, 2.24) is 0 Å². The van der Waals surface area contributed by atoms with E-state index in [-0.39, 0.29) is 100 Å². The van der Waals surface area contributed by atoms with E-state index < -0.39 is 95.9 Å². The summed E-state index contributed by atoms with van der Waals surface area (Å²) in [7, 11) is -4.53. The van der Waals surface area contributed by atoms with Gasteiger partial charge in [0.25, 0.3) is 0 Å². The zero-order valence-electron chi connectivity index (χ0n) is 27.9. The predicted molar refractivity (Wildman–Crippen MR) is 186 cm³/mol. The lowest BCUT2D eigenvalue weighted by molar-refractivity contribution is 0.466. The average Bonchev–Trinajstić information content (AvgIpc) is 3.20. The standard InChI is InChI=1S/C38H36F12P2/c39-11-23-3-27(15-43)35(28(4-23)16-44)51(36-29(17-45)5-24(12-40)6-30(36)18-46)1-2-52(37-31(19-47)7-25(13-41)8-32(37)20-48)38-33(21-49)9-26(14-42)10-34(38)22-50/h3-10H,1-2,11-22H2. The van der Waals surface area contributed by atoms with Crippen LogP contribution in [0.1, 0.15) is 66.8 Å². The summed E-state index contributed by atoms with van der Waals surface area (Å²) in [6.45, 7) is -14.3. The van der Waals surface area contributed by atoms with Crippen LogP contribution in [-0.2, 0) is 80.1 Å². The normalized spacial score (nSPS) is 11.7. The van der Waals surface area contributed by atoms with Crippen molar-refractivity contribution in [3.63, 3.8) is 0 Å². The number of halogens is 12. The van der Waals surface area contributed by atoms with Gasteiger partial charge in [-0.2, -0.15) is 0 Å². The van der Waals surface area contributed by atoms with E-state index in [1.807, 2.05) is 0 Å². The van der Waals surface area contributed by atoms with Crippen LogP contribution in [0.2, 0.25) is 0 Å². The fourth-order valence-electron chi connectivity index (χ4n) is 6.71. The van der Waals surface area contributed by atoms with Crippen LogP contribution in [0, 0.1) is 0 Å². The number of benzene rings is 4. The van der Waals surface area contributed by atoms with E-state index >= 15 is 0 Å². The van der Waals surface area contributed by atoms with Gasteiger partial charge in [-0.1, -0.05) is 0 Å². The smallest absolute Gasteiger partial charge is 0.115 e. The summed E-state index contributed by atoms with van der Waals surface area (Å²) in [6, 6.07) is 9.25. The largest absolute Gasteiger partial charge is 0.246 e. The topological polar surface area (TPSA) is 0 Å². The molecule has 0 amide bonds. The number of alkyl halides is 12. The van der Waals surface area contributed by atoms with Crippen LogP contribution in [-0.4, -0.2) is 12.3 Å². The second kappa shape index (κ2) is 19.8. The Bertz CT molecular complexity index is 1460. The minimum absolute atomic E-state index is 0.0158. The molecule has 0 N–H and O–H groups in total. The number of hydrogen-bond acceptors (Lipinski definition) is 0. The van der Waals surface area contributed by atoms with Crippen molar-refractivity contribution in [2.45, 2.75) is 80.1 Å². The van der Waals surface area contributed by atoms with Crippen LogP contribution < -0.4 is 21.2 Å². The molecule has 0 aliphatic heterocycles. The zero-order chi connectivity index (χ0) is 37.9. The van der Waals surface area contributed by atoms with E-state index in [2.05, 4.69) is 0 Å².